The van der Waals surface area contributed by atoms with E-state index in [4.69, 9.17) is 0 Å². The lowest BCUT2D eigenvalue weighted by Crippen LogP contribution is -2.29. The molecule has 0 aliphatic carbocycles. The highest BCUT2D eigenvalue weighted by Crippen LogP contribution is 2.12. The van der Waals surface area contributed by atoms with Crippen LogP contribution in [0.5, 0.6) is 0 Å². The van der Waals surface area contributed by atoms with Gasteiger partial charge in [-0.1, -0.05) is 50.3 Å². The van der Waals surface area contributed by atoms with Gasteiger partial charge in [-0.15, -0.1) is 0 Å². The van der Waals surface area contributed by atoms with Crippen LogP contribution in [0.25, 0.3) is 0 Å². The standard InChI is InChI=1S/C16H26N2O2S/c1-13(2)11-18(5)21(19,20)12-16-8-6-15(7-9-16)10-17-14(3)4/h6-9,14,17H,1,10-12H2,2-5H3. The van der Waals surface area contributed by atoms with Crippen molar-refractivity contribution in [2.75, 3.05) is 13.6 Å². The SMILES string of the molecule is C=C(C)CN(C)S(=O)(=O)Cc1ccc(CNC(C)C)cc1. The Balaban J connectivity index is 2.68. The molecule has 4 nitrogen and oxygen atoms in total. The summed E-state index contributed by atoms with van der Waals surface area (Å²) < 4.78 is 25.8. The van der Waals surface area contributed by atoms with Crippen molar-refractivity contribution in [1.29, 1.82) is 0 Å². The highest BCUT2D eigenvalue weighted by atomic mass is 32.2. The predicted octanol–water partition coefficient (Wildman–Crippen LogP) is 2.52. The highest BCUT2D eigenvalue weighted by Gasteiger charge is 2.18. The van der Waals surface area contributed by atoms with E-state index in [0.29, 0.717) is 12.6 Å². The molecule has 0 unspecified atom stereocenters. The van der Waals surface area contributed by atoms with Crippen LogP contribution in [-0.4, -0.2) is 32.4 Å². The van der Waals surface area contributed by atoms with Crippen molar-refractivity contribution in [3.63, 3.8) is 0 Å². The van der Waals surface area contributed by atoms with E-state index < -0.39 is 10.0 Å². The van der Waals surface area contributed by atoms with E-state index >= 15 is 0 Å². The summed E-state index contributed by atoms with van der Waals surface area (Å²) in [5.41, 5.74) is 2.79. The topological polar surface area (TPSA) is 49.4 Å². The van der Waals surface area contributed by atoms with E-state index in [0.717, 1.165) is 23.2 Å². The number of rotatable bonds is 8. The average Bonchev–Trinajstić information content (AvgIpc) is 2.36. The van der Waals surface area contributed by atoms with E-state index in [1.807, 2.05) is 31.2 Å². The summed E-state index contributed by atoms with van der Waals surface area (Å²) in [4.78, 5) is 0. The molecule has 1 N–H and O–H groups in total. The molecule has 0 heterocycles. The Morgan fingerprint density at radius 3 is 2.24 bits per heavy atom. The zero-order valence-electron chi connectivity index (χ0n) is 13.4. The number of sulfonamides is 1. The second-order valence-corrected chi connectivity index (χ2v) is 7.90. The van der Waals surface area contributed by atoms with Gasteiger partial charge in [0, 0.05) is 26.2 Å². The van der Waals surface area contributed by atoms with Crippen molar-refractivity contribution in [2.45, 2.75) is 39.1 Å². The van der Waals surface area contributed by atoms with Crippen LogP contribution < -0.4 is 5.32 Å². The number of nitrogens with one attached hydrogen (secondary N) is 1. The van der Waals surface area contributed by atoms with Gasteiger partial charge in [0.25, 0.3) is 0 Å². The molecule has 1 rings (SSSR count). The van der Waals surface area contributed by atoms with E-state index in [-0.39, 0.29) is 5.75 Å². The molecule has 0 saturated heterocycles. The summed E-state index contributed by atoms with van der Waals surface area (Å²) >= 11 is 0. The van der Waals surface area contributed by atoms with Crippen molar-refractivity contribution in [3.8, 4) is 0 Å². The highest BCUT2D eigenvalue weighted by molar-refractivity contribution is 7.88. The van der Waals surface area contributed by atoms with Gasteiger partial charge in [-0.2, -0.15) is 0 Å². The molecule has 0 saturated carbocycles. The maximum atomic E-state index is 12.2. The Morgan fingerprint density at radius 2 is 1.76 bits per heavy atom. The molecule has 0 aliphatic rings. The Hall–Kier alpha value is -1.17. The van der Waals surface area contributed by atoms with Crippen LogP contribution >= 0.6 is 0 Å². The third-order valence-electron chi connectivity index (χ3n) is 3.05. The number of hydrogen-bond donors (Lipinski definition) is 1. The molecule has 1 aromatic rings. The number of nitrogens with zero attached hydrogens (tertiary/aromatic N) is 1. The molecule has 0 atom stereocenters. The molecule has 0 aliphatic heterocycles. The van der Waals surface area contributed by atoms with Crippen LogP contribution in [0, 0.1) is 0 Å². The first kappa shape index (κ1) is 17.9. The first-order valence-electron chi connectivity index (χ1n) is 7.10. The van der Waals surface area contributed by atoms with Gasteiger partial charge in [0.2, 0.25) is 10.0 Å². The summed E-state index contributed by atoms with van der Waals surface area (Å²) in [6.07, 6.45) is 0. The molecule has 0 radical (unpaired) electrons. The molecular formula is C16H26N2O2S. The minimum absolute atomic E-state index is 0.0225. The number of benzene rings is 1. The van der Waals surface area contributed by atoms with E-state index in [2.05, 4.69) is 25.7 Å². The molecule has 0 fully saturated rings. The quantitative estimate of drug-likeness (QED) is 0.751. The molecule has 0 amide bonds. The second kappa shape index (κ2) is 7.73. The largest absolute Gasteiger partial charge is 0.310 e. The van der Waals surface area contributed by atoms with Crippen molar-refractivity contribution < 1.29 is 8.42 Å². The Kier molecular flexibility index (Phi) is 6.58. The third-order valence-corrected chi connectivity index (χ3v) is 4.83. The van der Waals surface area contributed by atoms with Crippen LogP contribution in [0.3, 0.4) is 0 Å². The monoisotopic (exact) mass is 310 g/mol. The van der Waals surface area contributed by atoms with Crippen molar-refractivity contribution in [3.05, 3.63) is 47.5 Å². The van der Waals surface area contributed by atoms with Gasteiger partial charge in [0.1, 0.15) is 0 Å². The fourth-order valence-corrected chi connectivity index (χ4v) is 3.13. The van der Waals surface area contributed by atoms with Crippen LogP contribution in [0.2, 0.25) is 0 Å². The Bertz CT molecular complexity index is 562. The minimum atomic E-state index is -3.29. The van der Waals surface area contributed by atoms with Crippen LogP contribution in [0.15, 0.2) is 36.4 Å². The summed E-state index contributed by atoms with van der Waals surface area (Å²) in [6, 6.07) is 8.13. The fourth-order valence-electron chi connectivity index (χ4n) is 1.87. The number of hydrogen-bond acceptors (Lipinski definition) is 3. The zero-order chi connectivity index (χ0) is 16.0. The molecule has 1 aromatic carbocycles. The lowest BCUT2D eigenvalue weighted by Gasteiger charge is -2.17. The Labute approximate surface area is 128 Å². The lowest BCUT2D eigenvalue weighted by molar-refractivity contribution is 0.492. The Morgan fingerprint density at radius 1 is 1.24 bits per heavy atom. The maximum absolute atomic E-state index is 12.2. The summed E-state index contributed by atoms with van der Waals surface area (Å²) in [5.74, 6) is 0.0225. The molecule has 0 bridgehead atoms. The van der Waals surface area contributed by atoms with Gasteiger partial charge in [-0.25, -0.2) is 12.7 Å². The van der Waals surface area contributed by atoms with Gasteiger partial charge in [0.05, 0.1) is 5.75 Å². The van der Waals surface area contributed by atoms with Gasteiger partial charge in [0.15, 0.2) is 0 Å². The third kappa shape index (κ3) is 6.42. The predicted molar refractivity (Wildman–Crippen MR) is 88.5 cm³/mol. The minimum Gasteiger partial charge on any atom is -0.310 e. The molecular weight excluding hydrogens is 284 g/mol. The van der Waals surface area contributed by atoms with Crippen LogP contribution in [0.1, 0.15) is 31.9 Å². The van der Waals surface area contributed by atoms with Crippen molar-refractivity contribution in [2.24, 2.45) is 0 Å². The van der Waals surface area contributed by atoms with E-state index in [9.17, 15) is 8.42 Å². The normalized spacial score (nSPS) is 12.1. The smallest absolute Gasteiger partial charge is 0.218 e. The molecule has 0 aromatic heterocycles. The second-order valence-electron chi connectivity index (χ2n) is 5.82. The van der Waals surface area contributed by atoms with Crippen LogP contribution in [-0.2, 0) is 22.3 Å². The average molecular weight is 310 g/mol. The summed E-state index contributed by atoms with van der Waals surface area (Å²) in [7, 11) is -1.70. The first-order valence-corrected chi connectivity index (χ1v) is 8.71. The van der Waals surface area contributed by atoms with E-state index in [1.54, 1.807) is 7.05 Å². The first-order chi connectivity index (χ1) is 9.70. The molecule has 118 valence electrons. The fraction of sp³-hybridized carbons (Fsp3) is 0.500. The number of likely N-dealkylation sites (N-methyl/N-ethyl adjacent to an activating group) is 1. The van der Waals surface area contributed by atoms with Gasteiger partial charge in [-0.05, 0) is 18.1 Å². The van der Waals surface area contributed by atoms with Crippen molar-refractivity contribution >= 4 is 10.0 Å². The van der Waals surface area contributed by atoms with Crippen LogP contribution in [0.4, 0.5) is 0 Å². The van der Waals surface area contributed by atoms with Crippen molar-refractivity contribution in [1.82, 2.24) is 9.62 Å². The zero-order valence-corrected chi connectivity index (χ0v) is 14.2. The van der Waals surface area contributed by atoms with Gasteiger partial charge in [-0.3, -0.25) is 0 Å². The van der Waals surface area contributed by atoms with Gasteiger partial charge >= 0.3 is 0 Å². The van der Waals surface area contributed by atoms with E-state index in [1.165, 1.54) is 4.31 Å². The molecule has 0 spiro atoms. The van der Waals surface area contributed by atoms with Gasteiger partial charge < -0.3 is 5.32 Å². The molecule has 21 heavy (non-hydrogen) atoms. The lowest BCUT2D eigenvalue weighted by atomic mass is 10.1. The summed E-state index contributed by atoms with van der Waals surface area (Å²) in [5, 5.41) is 3.33. The maximum Gasteiger partial charge on any atom is 0.218 e. The molecule has 5 heteroatoms. The summed E-state index contributed by atoms with van der Waals surface area (Å²) in [6.45, 7) is 10.9.